The molecular formula is C9H18F3N3O3S. The Morgan fingerprint density at radius 2 is 1.68 bits per heavy atom. The van der Waals surface area contributed by atoms with Gasteiger partial charge in [0.1, 0.15) is 6.54 Å². The summed E-state index contributed by atoms with van der Waals surface area (Å²) in [6, 6.07) is 0. The second kappa shape index (κ2) is 6.53. The van der Waals surface area contributed by atoms with E-state index < -0.39 is 34.2 Å². The van der Waals surface area contributed by atoms with E-state index in [1.54, 1.807) is 19.2 Å². The number of rotatable bonds is 7. The molecule has 0 aromatic heterocycles. The molecule has 0 aliphatic heterocycles. The van der Waals surface area contributed by atoms with Gasteiger partial charge in [0.25, 0.3) is 0 Å². The normalized spacial score (nSPS) is 13.4. The number of amides is 1. The summed E-state index contributed by atoms with van der Waals surface area (Å²) in [5, 5.41) is 4.27. The molecule has 0 aliphatic carbocycles. The predicted molar refractivity (Wildman–Crippen MR) is 64.0 cm³/mol. The number of sulfonamides is 1. The lowest BCUT2D eigenvalue weighted by molar-refractivity contribution is -0.137. The van der Waals surface area contributed by atoms with Crippen LogP contribution in [0.3, 0.4) is 0 Å². The highest BCUT2D eigenvalue weighted by molar-refractivity contribution is 7.88. The van der Waals surface area contributed by atoms with Crippen LogP contribution < -0.4 is 15.4 Å². The highest BCUT2D eigenvalue weighted by Gasteiger charge is 2.27. The maximum Gasteiger partial charge on any atom is 0.405 e. The van der Waals surface area contributed by atoms with Crippen LogP contribution in [0, 0.1) is 0 Å². The van der Waals surface area contributed by atoms with Crippen molar-refractivity contribution in [3.05, 3.63) is 0 Å². The first-order valence-electron chi connectivity index (χ1n) is 5.34. The minimum Gasteiger partial charge on any atom is -0.346 e. The van der Waals surface area contributed by atoms with Crippen molar-refractivity contribution < 1.29 is 26.4 Å². The van der Waals surface area contributed by atoms with E-state index in [1.807, 2.05) is 0 Å². The molecule has 10 heteroatoms. The van der Waals surface area contributed by atoms with Crippen LogP contribution in [0.25, 0.3) is 0 Å². The average Bonchev–Trinajstić information content (AvgIpc) is 2.09. The Labute approximate surface area is 110 Å². The first-order valence-corrected chi connectivity index (χ1v) is 7.23. The number of carbonyl (C=O) groups is 1. The van der Waals surface area contributed by atoms with Gasteiger partial charge in [0, 0.05) is 12.1 Å². The molecule has 0 heterocycles. The van der Waals surface area contributed by atoms with E-state index in [0.29, 0.717) is 0 Å². The zero-order chi connectivity index (χ0) is 15.3. The fourth-order valence-corrected chi connectivity index (χ4v) is 2.36. The molecule has 0 saturated heterocycles. The Balaban J connectivity index is 3.99. The van der Waals surface area contributed by atoms with Gasteiger partial charge in [0.2, 0.25) is 15.9 Å². The van der Waals surface area contributed by atoms with Crippen molar-refractivity contribution in [2.24, 2.45) is 0 Å². The SMILES string of the molecule is CC(C)(CNCC(=O)NCC(F)(F)F)NS(C)(=O)=O. The van der Waals surface area contributed by atoms with Crippen molar-refractivity contribution in [3.8, 4) is 0 Å². The van der Waals surface area contributed by atoms with Crippen molar-refractivity contribution in [2.45, 2.75) is 25.6 Å². The molecule has 0 atom stereocenters. The summed E-state index contributed by atoms with van der Waals surface area (Å²) in [6.07, 6.45) is -3.46. The first-order chi connectivity index (χ1) is 8.31. The van der Waals surface area contributed by atoms with Crippen molar-refractivity contribution in [3.63, 3.8) is 0 Å². The number of hydrogen-bond donors (Lipinski definition) is 3. The minimum atomic E-state index is -4.45. The van der Waals surface area contributed by atoms with E-state index in [1.165, 1.54) is 0 Å². The lowest BCUT2D eigenvalue weighted by Gasteiger charge is -2.25. The van der Waals surface area contributed by atoms with Gasteiger partial charge in [-0.25, -0.2) is 13.1 Å². The summed E-state index contributed by atoms with van der Waals surface area (Å²) < 4.78 is 59.8. The van der Waals surface area contributed by atoms with Gasteiger partial charge in [0.05, 0.1) is 12.8 Å². The molecule has 0 saturated carbocycles. The molecule has 114 valence electrons. The Hall–Kier alpha value is -0.870. The van der Waals surface area contributed by atoms with Crippen LogP contribution in [0.5, 0.6) is 0 Å². The topological polar surface area (TPSA) is 87.3 Å². The van der Waals surface area contributed by atoms with Gasteiger partial charge < -0.3 is 10.6 Å². The molecule has 0 unspecified atom stereocenters. The predicted octanol–water partition coefficient (Wildman–Crippen LogP) is -0.418. The van der Waals surface area contributed by atoms with Gasteiger partial charge in [-0.1, -0.05) is 0 Å². The van der Waals surface area contributed by atoms with Gasteiger partial charge in [0.15, 0.2) is 0 Å². The fraction of sp³-hybridized carbons (Fsp3) is 0.889. The third-order valence-electron chi connectivity index (χ3n) is 1.80. The van der Waals surface area contributed by atoms with Crippen LogP contribution >= 0.6 is 0 Å². The Morgan fingerprint density at radius 1 is 1.16 bits per heavy atom. The van der Waals surface area contributed by atoms with Gasteiger partial charge in [-0.3, -0.25) is 4.79 Å². The Morgan fingerprint density at radius 3 is 2.11 bits per heavy atom. The summed E-state index contributed by atoms with van der Waals surface area (Å²) in [7, 11) is -3.40. The molecule has 0 rings (SSSR count). The number of hydrogen-bond acceptors (Lipinski definition) is 4. The summed E-state index contributed by atoms with van der Waals surface area (Å²) in [4.78, 5) is 11.0. The molecule has 1 amide bonds. The van der Waals surface area contributed by atoms with Crippen LogP contribution in [0.4, 0.5) is 13.2 Å². The fourth-order valence-electron chi connectivity index (χ4n) is 1.29. The molecule has 0 spiro atoms. The van der Waals surface area contributed by atoms with E-state index in [4.69, 9.17) is 0 Å². The van der Waals surface area contributed by atoms with Gasteiger partial charge in [-0.05, 0) is 13.8 Å². The Bertz CT molecular complexity index is 407. The number of alkyl halides is 3. The zero-order valence-electron chi connectivity index (χ0n) is 10.9. The summed E-state index contributed by atoms with van der Waals surface area (Å²) in [6.45, 7) is 1.53. The maximum absolute atomic E-state index is 11.8. The molecule has 3 N–H and O–H groups in total. The summed E-state index contributed by atoms with van der Waals surface area (Å²) >= 11 is 0. The third kappa shape index (κ3) is 11.9. The smallest absolute Gasteiger partial charge is 0.346 e. The third-order valence-corrected chi connectivity index (χ3v) is 2.72. The average molecular weight is 305 g/mol. The molecule has 0 aliphatic rings. The van der Waals surface area contributed by atoms with E-state index >= 15 is 0 Å². The largest absolute Gasteiger partial charge is 0.405 e. The van der Waals surface area contributed by atoms with Gasteiger partial charge >= 0.3 is 6.18 Å². The molecule has 0 fully saturated rings. The molecule has 0 aromatic rings. The Kier molecular flexibility index (Phi) is 6.23. The standard InChI is InChI=1S/C9H18F3N3O3S/c1-8(2,15-19(3,17)18)5-13-4-7(16)14-6-9(10,11)12/h13,15H,4-6H2,1-3H3,(H,14,16). The summed E-state index contributed by atoms with van der Waals surface area (Å²) in [5.74, 6) is -0.813. The van der Waals surface area contributed by atoms with Crippen LogP contribution in [0.1, 0.15) is 13.8 Å². The van der Waals surface area contributed by atoms with Gasteiger partial charge in [-0.15, -0.1) is 0 Å². The van der Waals surface area contributed by atoms with Crippen LogP contribution in [0.15, 0.2) is 0 Å². The number of halogens is 3. The van der Waals surface area contributed by atoms with E-state index in [0.717, 1.165) is 6.26 Å². The molecule has 19 heavy (non-hydrogen) atoms. The molecule has 0 aromatic carbocycles. The highest BCUT2D eigenvalue weighted by Crippen LogP contribution is 2.11. The second-order valence-electron chi connectivity index (χ2n) is 4.75. The summed E-state index contributed by atoms with van der Waals surface area (Å²) in [5.41, 5.74) is -0.849. The van der Waals surface area contributed by atoms with Crippen molar-refractivity contribution in [1.82, 2.24) is 15.4 Å². The lowest BCUT2D eigenvalue weighted by Crippen LogP contribution is -2.51. The second-order valence-corrected chi connectivity index (χ2v) is 6.50. The first kappa shape index (κ1) is 18.1. The number of nitrogens with one attached hydrogen (secondary N) is 3. The quantitative estimate of drug-likeness (QED) is 0.596. The van der Waals surface area contributed by atoms with Crippen molar-refractivity contribution in [1.29, 1.82) is 0 Å². The van der Waals surface area contributed by atoms with E-state index in [-0.39, 0.29) is 13.1 Å². The molecule has 0 radical (unpaired) electrons. The van der Waals surface area contributed by atoms with Crippen LogP contribution in [0.2, 0.25) is 0 Å². The van der Waals surface area contributed by atoms with Crippen molar-refractivity contribution in [2.75, 3.05) is 25.9 Å². The molecule has 0 bridgehead atoms. The number of carbonyl (C=O) groups excluding carboxylic acids is 1. The van der Waals surface area contributed by atoms with E-state index in [9.17, 15) is 26.4 Å². The lowest BCUT2D eigenvalue weighted by atomic mass is 10.1. The highest BCUT2D eigenvalue weighted by atomic mass is 32.2. The van der Waals surface area contributed by atoms with Crippen LogP contribution in [-0.2, 0) is 14.8 Å². The van der Waals surface area contributed by atoms with Crippen molar-refractivity contribution >= 4 is 15.9 Å². The molecule has 6 nitrogen and oxygen atoms in total. The van der Waals surface area contributed by atoms with Gasteiger partial charge in [-0.2, -0.15) is 13.2 Å². The monoisotopic (exact) mass is 305 g/mol. The zero-order valence-corrected chi connectivity index (χ0v) is 11.7. The minimum absolute atomic E-state index is 0.0967. The maximum atomic E-state index is 11.8. The molecular weight excluding hydrogens is 287 g/mol. The van der Waals surface area contributed by atoms with E-state index in [2.05, 4.69) is 10.0 Å². The van der Waals surface area contributed by atoms with Crippen LogP contribution in [-0.4, -0.2) is 51.9 Å².